The second-order valence-corrected chi connectivity index (χ2v) is 6.68. The molecule has 0 spiro atoms. The lowest BCUT2D eigenvalue weighted by Crippen LogP contribution is -2.38. The van der Waals surface area contributed by atoms with Crippen LogP contribution < -0.4 is 10.1 Å². The predicted octanol–water partition coefficient (Wildman–Crippen LogP) is 3.11. The zero-order valence-corrected chi connectivity index (χ0v) is 15.4. The fraction of sp³-hybridized carbons (Fsp3) is 0.600. The summed E-state index contributed by atoms with van der Waals surface area (Å²) in [5, 5.41) is 12.2. The van der Waals surface area contributed by atoms with E-state index < -0.39 is 11.9 Å². The normalized spacial score (nSPS) is 16.0. The van der Waals surface area contributed by atoms with Crippen LogP contribution in [0.3, 0.4) is 0 Å². The molecule has 2 rings (SSSR count). The molecule has 1 saturated heterocycles. The number of amides is 1. The average molecular weight is 363 g/mol. The van der Waals surface area contributed by atoms with Crippen molar-refractivity contribution in [2.24, 2.45) is 11.8 Å². The topological polar surface area (TPSA) is 84.9 Å². The number of carboxylic acids is 1. The Balaban J connectivity index is 1.83. The third-order valence-electron chi connectivity index (χ3n) is 4.77. The van der Waals surface area contributed by atoms with Crippen molar-refractivity contribution in [2.75, 3.05) is 26.4 Å². The van der Waals surface area contributed by atoms with Crippen LogP contribution in [-0.2, 0) is 9.53 Å². The van der Waals surface area contributed by atoms with Gasteiger partial charge in [-0.1, -0.05) is 19.8 Å². The average Bonchev–Trinajstić information content (AvgIpc) is 2.66. The number of carboxylic acid groups (broad SMARTS) is 1. The molecule has 0 aliphatic carbocycles. The number of carbonyl (C=O) groups excluding carboxylic acids is 1. The van der Waals surface area contributed by atoms with Crippen LogP contribution in [0, 0.1) is 11.8 Å². The lowest BCUT2D eigenvalue weighted by molar-refractivity contribution is -0.144. The van der Waals surface area contributed by atoms with Crippen LogP contribution in [-0.4, -0.2) is 43.3 Å². The maximum Gasteiger partial charge on any atom is 0.308 e. The summed E-state index contributed by atoms with van der Waals surface area (Å²) in [4.78, 5) is 23.8. The molecule has 1 atom stereocenters. The molecule has 6 nitrogen and oxygen atoms in total. The third-order valence-corrected chi connectivity index (χ3v) is 4.77. The number of hydrogen-bond acceptors (Lipinski definition) is 4. The van der Waals surface area contributed by atoms with Crippen LogP contribution in [0.15, 0.2) is 24.3 Å². The van der Waals surface area contributed by atoms with Crippen molar-refractivity contribution in [1.82, 2.24) is 5.32 Å². The summed E-state index contributed by atoms with van der Waals surface area (Å²) in [5.41, 5.74) is 0.502. The monoisotopic (exact) mass is 363 g/mol. The van der Waals surface area contributed by atoms with Crippen LogP contribution in [0.4, 0.5) is 0 Å². The molecule has 1 amide bonds. The second-order valence-electron chi connectivity index (χ2n) is 6.68. The Bertz CT molecular complexity index is 566. The highest BCUT2D eigenvalue weighted by atomic mass is 16.5. The molecule has 1 fully saturated rings. The molecule has 0 bridgehead atoms. The highest BCUT2D eigenvalue weighted by Crippen LogP contribution is 2.24. The van der Waals surface area contributed by atoms with E-state index in [1.54, 1.807) is 24.3 Å². The van der Waals surface area contributed by atoms with Gasteiger partial charge in [0.2, 0.25) is 0 Å². The number of hydrogen-bond donors (Lipinski definition) is 2. The minimum Gasteiger partial charge on any atom is -0.494 e. The van der Waals surface area contributed by atoms with Crippen molar-refractivity contribution in [3.63, 3.8) is 0 Å². The van der Waals surface area contributed by atoms with Crippen LogP contribution in [0.2, 0.25) is 0 Å². The van der Waals surface area contributed by atoms with Crippen LogP contribution in [0.5, 0.6) is 5.75 Å². The summed E-state index contributed by atoms with van der Waals surface area (Å²) in [6.07, 6.45) is 4.74. The van der Waals surface area contributed by atoms with Gasteiger partial charge in [0.25, 0.3) is 5.91 Å². The molecule has 0 radical (unpaired) electrons. The van der Waals surface area contributed by atoms with E-state index in [-0.39, 0.29) is 18.4 Å². The molecule has 6 heteroatoms. The largest absolute Gasteiger partial charge is 0.494 e. The standard InChI is InChI=1S/C20H29NO5/c1-2-3-4-11-26-17-7-5-16(6-8-17)19(22)21-14-18(20(23)24)15-9-12-25-13-10-15/h5-8,15,18H,2-4,9-14H2,1H3,(H,21,22)(H,23,24). The van der Waals surface area contributed by atoms with E-state index in [4.69, 9.17) is 9.47 Å². The number of aliphatic carboxylic acids is 1. The number of unbranched alkanes of at least 4 members (excludes halogenated alkanes) is 2. The van der Waals surface area contributed by atoms with Gasteiger partial charge in [0.15, 0.2) is 0 Å². The number of ether oxygens (including phenoxy) is 2. The smallest absolute Gasteiger partial charge is 0.308 e. The van der Waals surface area contributed by atoms with E-state index in [1.165, 1.54) is 0 Å². The van der Waals surface area contributed by atoms with Crippen molar-refractivity contribution < 1.29 is 24.2 Å². The van der Waals surface area contributed by atoms with Gasteiger partial charge >= 0.3 is 5.97 Å². The van der Waals surface area contributed by atoms with Crippen LogP contribution >= 0.6 is 0 Å². The van der Waals surface area contributed by atoms with Gasteiger partial charge in [0.05, 0.1) is 12.5 Å². The summed E-state index contributed by atoms with van der Waals surface area (Å²) in [7, 11) is 0. The van der Waals surface area contributed by atoms with Crippen molar-refractivity contribution in [1.29, 1.82) is 0 Å². The van der Waals surface area contributed by atoms with E-state index >= 15 is 0 Å². The summed E-state index contributed by atoms with van der Waals surface area (Å²) in [5.74, 6) is -0.929. The quantitative estimate of drug-likeness (QED) is 0.624. The summed E-state index contributed by atoms with van der Waals surface area (Å²) < 4.78 is 10.9. The first-order chi connectivity index (χ1) is 12.6. The van der Waals surface area contributed by atoms with E-state index in [9.17, 15) is 14.7 Å². The number of nitrogens with one attached hydrogen (secondary N) is 1. The summed E-state index contributed by atoms with van der Waals surface area (Å²) >= 11 is 0. The molecule has 1 heterocycles. The molecule has 1 aromatic carbocycles. The Kier molecular flexibility index (Phi) is 8.41. The lowest BCUT2D eigenvalue weighted by Gasteiger charge is -2.27. The SMILES string of the molecule is CCCCCOc1ccc(C(=O)NCC(C(=O)O)C2CCOCC2)cc1. The molecule has 0 aromatic heterocycles. The van der Waals surface area contributed by atoms with Gasteiger partial charge in [0.1, 0.15) is 5.75 Å². The number of rotatable bonds is 10. The first-order valence-electron chi connectivity index (χ1n) is 9.43. The summed E-state index contributed by atoms with van der Waals surface area (Å²) in [6.45, 7) is 4.12. The first-order valence-corrected chi connectivity index (χ1v) is 9.43. The van der Waals surface area contributed by atoms with Gasteiger partial charge < -0.3 is 19.9 Å². The molecule has 1 aromatic rings. The van der Waals surface area contributed by atoms with Crippen molar-refractivity contribution in [3.8, 4) is 5.75 Å². The van der Waals surface area contributed by atoms with Gasteiger partial charge in [-0.05, 0) is 49.4 Å². The Morgan fingerprint density at radius 3 is 2.54 bits per heavy atom. The highest BCUT2D eigenvalue weighted by molar-refractivity contribution is 5.94. The zero-order valence-electron chi connectivity index (χ0n) is 15.4. The molecule has 0 saturated carbocycles. The highest BCUT2D eigenvalue weighted by Gasteiger charge is 2.30. The molecular weight excluding hydrogens is 334 g/mol. The maximum absolute atomic E-state index is 12.3. The third kappa shape index (κ3) is 6.33. The van der Waals surface area contributed by atoms with Gasteiger partial charge in [-0.2, -0.15) is 0 Å². The fourth-order valence-corrected chi connectivity index (χ4v) is 3.12. The number of benzene rings is 1. The Hall–Kier alpha value is -2.08. The molecule has 1 aliphatic heterocycles. The molecule has 144 valence electrons. The van der Waals surface area contributed by atoms with Crippen molar-refractivity contribution >= 4 is 11.9 Å². The van der Waals surface area contributed by atoms with Gasteiger partial charge in [-0.15, -0.1) is 0 Å². The number of carbonyl (C=O) groups is 2. The van der Waals surface area contributed by atoms with Gasteiger partial charge in [0, 0.05) is 25.3 Å². The van der Waals surface area contributed by atoms with Crippen LogP contribution in [0.25, 0.3) is 0 Å². The van der Waals surface area contributed by atoms with Crippen LogP contribution in [0.1, 0.15) is 49.4 Å². The first kappa shape index (κ1) is 20.2. The zero-order chi connectivity index (χ0) is 18.8. The van der Waals surface area contributed by atoms with Gasteiger partial charge in [-0.3, -0.25) is 9.59 Å². The second kappa shape index (κ2) is 10.8. The van der Waals surface area contributed by atoms with E-state index in [0.29, 0.717) is 25.4 Å². The maximum atomic E-state index is 12.3. The lowest BCUT2D eigenvalue weighted by atomic mass is 9.86. The van der Waals surface area contributed by atoms with E-state index in [0.717, 1.165) is 37.9 Å². The van der Waals surface area contributed by atoms with Crippen molar-refractivity contribution in [2.45, 2.75) is 39.0 Å². The minimum atomic E-state index is -0.868. The van der Waals surface area contributed by atoms with Crippen molar-refractivity contribution in [3.05, 3.63) is 29.8 Å². The Morgan fingerprint density at radius 2 is 1.92 bits per heavy atom. The van der Waals surface area contributed by atoms with E-state index in [2.05, 4.69) is 12.2 Å². The fourth-order valence-electron chi connectivity index (χ4n) is 3.12. The Morgan fingerprint density at radius 1 is 1.23 bits per heavy atom. The molecular formula is C20H29NO5. The predicted molar refractivity (Wildman–Crippen MR) is 98.5 cm³/mol. The van der Waals surface area contributed by atoms with Gasteiger partial charge in [-0.25, -0.2) is 0 Å². The molecule has 1 aliphatic rings. The minimum absolute atomic E-state index is 0.0421. The summed E-state index contributed by atoms with van der Waals surface area (Å²) in [6, 6.07) is 6.95. The molecule has 2 N–H and O–H groups in total. The Labute approximate surface area is 154 Å². The molecule has 1 unspecified atom stereocenters. The molecule has 26 heavy (non-hydrogen) atoms. The van der Waals surface area contributed by atoms with E-state index in [1.807, 2.05) is 0 Å².